The van der Waals surface area contributed by atoms with Crippen LogP contribution in [0.4, 0.5) is 0 Å². The van der Waals surface area contributed by atoms with Crippen LogP contribution in [-0.4, -0.2) is 43.3 Å². The molecule has 0 spiro atoms. The van der Waals surface area contributed by atoms with E-state index in [9.17, 15) is 0 Å². The lowest BCUT2D eigenvalue weighted by molar-refractivity contribution is 0.443. The number of hydrogen-bond donors (Lipinski definition) is 4. The van der Waals surface area contributed by atoms with Crippen molar-refractivity contribution in [2.75, 3.05) is 26.4 Å². The Kier molecular flexibility index (Phi) is 6.80. The maximum Gasteiger partial charge on any atom is 0.188 e. The zero-order chi connectivity index (χ0) is 10.3. The molecule has 0 saturated heterocycles. The Morgan fingerprint density at radius 3 is 2.69 bits per heavy atom. The van der Waals surface area contributed by atoms with Gasteiger partial charge in [-0.05, 0) is 19.9 Å². The number of hydrogen-bond acceptors (Lipinski definition) is 3. The molecule has 78 valence electrons. The minimum Gasteiger partial charge on any atom is -0.370 e. The fourth-order valence-electron chi connectivity index (χ4n) is 1.02. The number of nitrogens with two attached hydrogens (primary N) is 1. The molecule has 0 bridgehead atoms. The highest BCUT2D eigenvalue weighted by molar-refractivity contribution is 7.80. The van der Waals surface area contributed by atoms with E-state index < -0.39 is 0 Å². The first kappa shape index (κ1) is 12.6. The number of thiol groups is 1. The van der Waals surface area contributed by atoms with E-state index in [2.05, 4.69) is 17.9 Å². The van der Waals surface area contributed by atoms with Crippen molar-refractivity contribution in [1.29, 1.82) is 5.41 Å². The van der Waals surface area contributed by atoms with Crippen LogP contribution in [0.2, 0.25) is 0 Å². The first-order valence-corrected chi connectivity index (χ1v) is 5.08. The third-order valence-corrected chi connectivity index (χ3v) is 2.53. The van der Waals surface area contributed by atoms with Gasteiger partial charge in [-0.15, -0.1) is 0 Å². The van der Waals surface area contributed by atoms with Crippen LogP contribution in [0.3, 0.4) is 0 Å². The summed E-state index contributed by atoms with van der Waals surface area (Å²) in [6.45, 7) is 0.835. The number of nitrogens with one attached hydrogen (secondary N) is 2. The predicted molar refractivity (Wildman–Crippen MR) is 60.5 cm³/mol. The fourth-order valence-corrected chi connectivity index (χ4v) is 1.39. The lowest BCUT2D eigenvalue weighted by Crippen LogP contribution is -2.35. The summed E-state index contributed by atoms with van der Waals surface area (Å²) >= 11 is 4.22. The Labute approximate surface area is 85.8 Å². The molecule has 0 aliphatic rings. The molecule has 0 fully saturated rings. The molecule has 13 heavy (non-hydrogen) atoms. The summed E-state index contributed by atoms with van der Waals surface area (Å²) in [6, 6.07) is 0.462. The second-order valence-corrected chi connectivity index (χ2v) is 3.48. The molecule has 0 amide bonds. The van der Waals surface area contributed by atoms with Crippen molar-refractivity contribution < 1.29 is 0 Å². The molecule has 0 saturated carbocycles. The first-order chi connectivity index (χ1) is 6.11. The minimum absolute atomic E-state index is 0.131. The van der Waals surface area contributed by atoms with Crippen molar-refractivity contribution in [3.8, 4) is 0 Å². The standard InChI is InChI=1S/C8H20N4S/c1-11-7(6-13)4-3-5-12(2)8(9)10/h7,11,13H,3-6H2,1-2H3,(H3,9,10)/t7-/m0/s1. The van der Waals surface area contributed by atoms with Crippen LogP contribution in [0.25, 0.3) is 0 Å². The van der Waals surface area contributed by atoms with Crippen molar-refractivity contribution in [1.82, 2.24) is 10.2 Å². The third-order valence-electron chi connectivity index (χ3n) is 2.09. The zero-order valence-electron chi connectivity index (χ0n) is 8.38. The van der Waals surface area contributed by atoms with Gasteiger partial charge in [0.25, 0.3) is 0 Å². The Morgan fingerprint density at radius 2 is 2.31 bits per heavy atom. The maximum absolute atomic E-state index is 7.15. The summed E-state index contributed by atoms with van der Waals surface area (Å²) in [6.07, 6.45) is 2.10. The molecule has 4 nitrogen and oxygen atoms in total. The fraction of sp³-hybridized carbons (Fsp3) is 0.875. The summed E-state index contributed by atoms with van der Waals surface area (Å²) in [7, 11) is 3.77. The van der Waals surface area contributed by atoms with E-state index in [1.807, 2.05) is 14.1 Å². The van der Waals surface area contributed by atoms with E-state index in [0.29, 0.717) is 6.04 Å². The molecule has 0 unspecified atom stereocenters. The highest BCUT2D eigenvalue weighted by Crippen LogP contribution is 1.99. The minimum atomic E-state index is 0.131. The van der Waals surface area contributed by atoms with Crippen LogP contribution >= 0.6 is 12.6 Å². The van der Waals surface area contributed by atoms with E-state index >= 15 is 0 Å². The monoisotopic (exact) mass is 204 g/mol. The smallest absolute Gasteiger partial charge is 0.188 e. The molecule has 0 aromatic heterocycles. The van der Waals surface area contributed by atoms with Gasteiger partial charge in [-0.1, -0.05) is 0 Å². The summed E-state index contributed by atoms with van der Waals surface area (Å²) in [5, 5.41) is 10.3. The molecular formula is C8H20N4S. The summed E-state index contributed by atoms with van der Waals surface area (Å²) in [4.78, 5) is 1.74. The van der Waals surface area contributed by atoms with Gasteiger partial charge in [0.2, 0.25) is 0 Å². The van der Waals surface area contributed by atoms with Gasteiger partial charge in [0.15, 0.2) is 5.96 Å². The summed E-state index contributed by atoms with van der Waals surface area (Å²) in [5.41, 5.74) is 5.30. The van der Waals surface area contributed by atoms with Crippen LogP contribution in [0, 0.1) is 5.41 Å². The molecule has 0 heterocycles. The molecular weight excluding hydrogens is 184 g/mol. The summed E-state index contributed by atoms with van der Waals surface area (Å²) in [5.74, 6) is 0.979. The van der Waals surface area contributed by atoms with E-state index in [1.165, 1.54) is 0 Å². The van der Waals surface area contributed by atoms with Crippen molar-refractivity contribution >= 4 is 18.6 Å². The normalized spacial score (nSPS) is 12.5. The Balaban J connectivity index is 3.48. The van der Waals surface area contributed by atoms with Crippen molar-refractivity contribution in [3.05, 3.63) is 0 Å². The molecule has 0 aromatic carbocycles. The van der Waals surface area contributed by atoms with Crippen molar-refractivity contribution in [2.45, 2.75) is 18.9 Å². The quantitative estimate of drug-likeness (QED) is 0.282. The van der Waals surface area contributed by atoms with Crippen LogP contribution in [0.15, 0.2) is 0 Å². The van der Waals surface area contributed by atoms with Gasteiger partial charge < -0.3 is 16.0 Å². The van der Waals surface area contributed by atoms with E-state index in [4.69, 9.17) is 11.1 Å². The summed E-state index contributed by atoms with van der Waals surface area (Å²) < 4.78 is 0. The second kappa shape index (κ2) is 7.03. The zero-order valence-corrected chi connectivity index (χ0v) is 9.27. The van der Waals surface area contributed by atoms with Gasteiger partial charge in [-0.3, -0.25) is 5.41 Å². The lowest BCUT2D eigenvalue weighted by atomic mass is 10.2. The van der Waals surface area contributed by atoms with Gasteiger partial charge in [-0.25, -0.2) is 0 Å². The largest absolute Gasteiger partial charge is 0.370 e. The highest BCUT2D eigenvalue weighted by Gasteiger charge is 2.04. The first-order valence-electron chi connectivity index (χ1n) is 4.45. The SMILES string of the molecule is CN[C@H](CS)CCCN(C)C(=N)N. The topological polar surface area (TPSA) is 65.1 Å². The van der Waals surface area contributed by atoms with Gasteiger partial charge >= 0.3 is 0 Å². The van der Waals surface area contributed by atoms with Gasteiger partial charge in [-0.2, -0.15) is 12.6 Å². The van der Waals surface area contributed by atoms with E-state index in [-0.39, 0.29) is 5.96 Å². The van der Waals surface area contributed by atoms with E-state index in [1.54, 1.807) is 4.90 Å². The molecule has 0 aliphatic carbocycles. The Hall–Kier alpha value is -0.420. The van der Waals surface area contributed by atoms with Gasteiger partial charge in [0.05, 0.1) is 0 Å². The molecule has 5 heteroatoms. The van der Waals surface area contributed by atoms with Crippen LogP contribution in [-0.2, 0) is 0 Å². The highest BCUT2D eigenvalue weighted by atomic mass is 32.1. The van der Waals surface area contributed by atoms with Gasteiger partial charge in [0, 0.05) is 25.4 Å². The molecule has 4 N–H and O–H groups in total. The Morgan fingerprint density at radius 1 is 1.69 bits per heavy atom. The number of nitrogens with zero attached hydrogens (tertiary/aromatic N) is 1. The molecule has 0 rings (SSSR count). The van der Waals surface area contributed by atoms with Crippen molar-refractivity contribution in [3.63, 3.8) is 0 Å². The average Bonchev–Trinajstić information content (AvgIpc) is 2.12. The van der Waals surface area contributed by atoms with Crippen molar-refractivity contribution in [2.24, 2.45) is 5.73 Å². The van der Waals surface area contributed by atoms with Crippen LogP contribution < -0.4 is 11.1 Å². The molecule has 0 aliphatic heterocycles. The Bertz CT molecular complexity index is 147. The van der Waals surface area contributed by atoms with Crippen LogP contribution in [0.1, 0.15) is 12.8 Å². The van der Waals surface area contributed by atoms with Gasteiger partial charge in [0.1, 0.15) is 0 Å². The predicted octanol–water partition coefficient (Wildman–Crippen LogP) is 0.110. The third kappa shape index (κ3) is 5.76. The molecule has 0 aromatic rings. The number of rotatable bonds is 6. The average molecular weight is 204 g/mol. The van der Waals surface area contributed by atoms with Crippen LogP contribution in [0.5, 0.6) is 0 Å². The van der Waals surface area contributed by atoms with E-state index in [0.717, 1.165) is 25.1 Å². The lowest BCUT2D eigenvalue weighted by Gasteiger charge is -2.18. The number of guanidine groups is 1. The molecule has 1 atom stereocenters. The maximum atomic E-state index is 7.15. The second-order valence-electron chi connectivity index (χ2n) is 3.12. The molecule has 0 radical (unpaired) electrons.